The summed E-state index contributed by atoms with van der Waals surface area (Å²) in [5.41, 5.74) is 9.91. The monoisotopic (exact) mass is 707 g/mol. The Morgan fingerprint density at radius 1 is 0.389 bits per heavy atom. The Morgan fingerprint density at radius 2 is 0.981 bits per heavy atom. The number of hydrogen-bond acceptors (Lipinski definition) is 4. The van der Waals surface area contributed by atoms with Crippen LogP contribution in [0.25, 0.3) is 75.1 Å². The summed E-state index contributed by atoms with van der Waals surface area (Å²) in [6, 6.07) is 63.0. The summed E-state index contributed by atoms with van der Waals surface area (Å²) in [6.45, 7) is 0. The second-order valence-corrected chi connectivity index (χ2v) is 15.1. The molecule has 3 nitrogen and oxygen atoms in total. The van der Waals surface area contributed by atoms with Crippen molar-refractivity contribution in [1.82, 2.24) is 0 Å². The zero-order valence-corrected chi connectivity index (χ0v) is 29.7. The molecule has 2 aliphatic rings. The highest BCUT2D eigenvalue weighted by Crippen LogP contribution is 2.63. The summed E-state index contributed by atoms with van der Waals surface area (Å²) in [5.74, 6) is 3.25. The average Bonchev–Trinajstić information content (AvgIpc) is 3.60. The lowest BCUT2D eigenvalue weighted by atomic mass is 9.95. The van der Waals surface area contributed by atoms with Crippen LogP contribution in [0.5, 0.6) is 23.0 Å². The Labute approximate surface area is 315 Å². The molecular weight excluding hydrogens is 679 g/mol. The van der Waals surface area contributed by atoms with Crippen molar-refractivity contribution in [2.75, 3.05) is 4.90 Å². The topological polar surface area (TPSA) is 21.7 Å². The van der Waals surface area contributed by atoms with Gasteiger partial charge in [0.1, 0.15) is 5.69 Å². The van der Waals surface area contributed by atoms with E-state index in [4.69, 9.17) is 9.47 Å². The molecule has 4 heteroatoms. The second-order valence-electron chi connectivity index (χ2n) is 14.1. The fourth-order valence-corrected chi connectivity index (χ4v) is 9.69. The molecule has 0 fully saturated rings. The predicted octanol–water partition coefficient (Wildman–Crippen LogP) is 15.0. The van der Waals surface area contributed by atoms with Crippen molar-refractivity contribution < 1.29 is 9.47 Å². The summed E-state index contributed by atoms with van der Waals surface area (Å²) in [7, 11) is 0. The highest BCUT2D eigenvalue weighted by atomic mass is 32.1. The van der Waals surface area contributed by atoms with Gasteiger partial charge in [0.25, 0.3) is 0 Å². The number of fused-ring (bicyclic) bond motifs is 10. The molecule has 0 amide bonds. The van der Waals surface area contributed by atoms with Crippen molar-refractivity contribution in [2.24, 2.45) is 0 Å². The van der Waals surface area contributed by atoms with Gasteiger partial charge in [0.05, 0.1) is 11.4 Å². The molecule has 12 rings (SSSR count). The third-order valence-electron chi connectivity index (χ3n) is 11.0. The van der Waals surface area contributed by atoms with E-state index in [1.165, 1.54) is 53.9 Å². The van der Waals surface area contributed by atoms with Gasteiger partial charge in [-0.2, -0.15) is 0 Å². The first kappa shape index (κ1) is 29.7. The van der Waals surface area contributed by atoms with Gasteiger partial charge in [-0.25, -0.2) is 0 Å². The first-order valence-electron chi connectivity index (χ1n) is 18.2. The van der Waals surface area contributed by atoms with Gasteiger partial charge >= 0.3 is 0 Å². The van der Waals surface area contributed by atoms with E-state index < -0.39 is 0 Å². The molecule has 1 aromatic heterocycles. The van der Waals surface area contributed by atoms with E-state index in [1.54, 1.807) is 11.3 Å². The third-order valence-corrected chi connectivity index (χ3v) is 12.1. The van der Waals surface area contributed by atoms with Crippen LogP contribution in [-0.2, 0) is 0 Å². The Hall–Kier alpha value is -6.88. The lowest BCUT2D eigenvalue weighted by Crippen LogP contribution is -2.20. The van der Waals surface area contributed by atoms with Gasteiger partial charge in [0.2, 0.25) is 0 Å². The second kappa shape index (κ2) is 11.3. The molecule has 0 atom stereocenters. The molecule has 0 unspecified atom stereocenters. The van der Waals surface area contributed by atoms with Crippen LogP contribution in [0.15, 0.2) is 176 Å². The Bertz CT molecular complexity index is 3160. The lowest BCUT2D eigenvalue weighted by Gasteiger charge is -2.38. The molecule has 2 aliphatic heterocycles. The van der Waals surface area contributed by atoms with Gasteiger partial charge in [-0.1, -0.05) is 140 Å². The van der Waals surface area contributed by atoms with Gasteiger partial charge in [-0.3, -0.25) is 4.90 Å². The molecule has 0 bridgehead atoms. The summed E-state index contributed by atoms with van der Waals surface area (Å²) in [5, 5.41) is 7.16. The minimum atomic E-state index is 0.790. The van der Waals surface area contributed by atoms with E-state index in [-0.39, 0.29) is 0 Å². The SMILES string of the molecule is c1ccc(-c2ccc3c(c2)sc2cc4c5c(c23)Oc2cc(-c3cccc6ccccc36)ccc2N5c2ccc(-c3cccc5ccccc35)cc2O4)cc1. The van der Waals surface area contributed by atoms with E-state index in [1.807, 2.05) is 0 Å². The number of rotatable bonds is 3. The van der Waals surface area contributed by atoms with Gasteiger partial charge in [0.15, 0.2) is 23.0 Å². The van der Waals surface area contributed by atoms with Crippen LogP contribution in [0.1, 0.15) is 0 Å². The van der Waals surface area contributed by atoms with Crippen LogP contribution in [0.3, 0.4) is 0 Å². The molecule has 0 spiro atoms. The number of anilines is 3. The van der Waals surface area contributed by atoms with Crippen molar-refractivity contribution in [2.45, 2.75) is 0 Å². The maximum atomic E-state index is 7.13. The van der Waals surface area contributed by atoms with Crippen LogP contribution in [0, 0.1) is 0 Å². The van der Waals surface area contributed by atoms with Crippen molar-refractivity contribution in [3.63, 3.8) is 0 Å². The minimum absolute atomic E-state index is 0.790. The summed E-state index contributed by atoms with van der Waals surface area (Å²) in [6.07, 6.45) is 0. The zero-order valence-electron chi connectivity index (χ0n) is 28.9. The van der Waals surface area contributed by atoms with Crippen LogP contribution in [-0.4, -0.2) is 0 Å². The quantitative estimate of drug-likeness (QED) is 0.182. The third kappa shape index (κ3) is 4.35. The summed E-state index contributed by atoms with van der Waals surface area (Å²) in [4.78, 5) is 2.35. The zero-order chi connectivity index (χ0) is 35.3. The van der Waals surface area contributed by atoms with Crippen LogP contribution < -0.4 is 14.4 Å². The number of hydrogen-bond donors (Lipinski definition) is 0. The number of thiophene rings is 1. The molecular formula is C50H29NO2S. The van der Waals surface area contributed by atoms with E-state index in [0.29, 0.717) is 0 Å². The standard InChI is InChI=1S/C50H29NO2S/c1-2-10-30(11-3-1)33-20-23-40-46(28-33)54-47-29-45-49-50(48(40)47)53-44-27-35(39-19-9-15-32-13-5-7-17-37(32)39)22-25-42(44)51(49)41-24-21-34(26-43(41)52-45)38-18-8-14-31-12-4-6-16-36(31)38/h1-29H. The fourth-order valence-electron chi connectivity index (χ4n) is 8.52. The molecule has 9 aromatic carbocycles. The summed E-state index contributed by atoms with van der Waals surface area (Å²) < 4.78 is 16.4. The Kier molecular flexibility index (Phi) is 6.21. The van der Waals surface area contributed by atoms with E-state index in [9.17, 15) is 0 Å². The molecule has 0 saturated carbocycles. The average molecular weight is 708 g/mol. The highest BCUT2D eigenvalue weighted by Gasteiger charge is 2.37. The van der Waals surface area contributed by atoms with Crippen molar-refractivity contribution >= 4 is 70.1 Å². The predicted molar refractivity (Wildman–Crippen MR) is 225 cm³/mol. The molecule has 54 heavy (non-hydrogen) atoms. The smallest absolute Gasteiger partial charge is 0.164 e. The molecule has 0 aliphatic carbocycles. The van der Waals surface area contributed by atoms with E-state index >= 15 is 0 Å². The molecule has 10 aromatic rings. The molecule has 0 saturated heterocycles. The van der Waals surface area contributed by atoms with Gasteiger partial charge < -0.3 is 9.47 Å². The molecule has 0 N–H and O–H groups in total. The summed E-state index contributed by atoms with van der Waals surface area (Å²) >= 11 is 1.79. The molecule has 0 radical (unpaired) electrons. The lowest BCUT2D eigenvalue weighted by molar-refractivity contribution is 0.450. The number of nitrogens with zero attached hydrogens (tertiary/aromatic N) is 1. The van der Waals surface area contributed by atoms with Gasteiger partial charge in [0, 0.05) is 26.2 Å². The van der Waals surface area contributed by atoms with Crippen molar-refractivity contribution in [3.05, 3.63) is 176 Å². The number of benzene rings is 9. The minimum Gasteiger partial charge on any atom is -0.453 e. The normalized spacial score (nSPS) is 12.7. The Balaban J connectivity index is 1.09. The van der Waals surface area contributed by atoms with Crippen molar-refractivity contribution in [3.8, 4) is 56.4 Å². The van der Waals surface area contributed by atoms with Crippen molar-refractivity contribution in [1.29, 1.82) is 0 Å². The molecule has 3 heterocycles. The number of ether oxygens (including phenoxy) is 2. The largest absolute Gasteiger partial charge is 0.453 e. The Morgan fingerprint density at radius 3 is 1.67 bits per heavy atom. The maximum absolute atomic E-state index is 7.13. The van der Waals surface area contributed by atoms with Crippen LogP contribution in [0.2, 0.25) is 0 Å². The first-order chi connectivity index (χ1) is 26.7. The van der Waals surface area contributed by atoms with Crippen LogP contribution in [0.4, 0.5) is 17.1 Å². The molecule has 252 valence electrons. The fraction of sp³-hybridized carbons (Fsp3) is 0. The van der Waals surface area contributed by atoms with Gasteiger partial charge in [-0.15, -0.1) is 11.3 Å². The van der Waals surface area contributed by atoms with E-state index in [2.05, 4.69) is 181 Å². The first-order valence-corrected chi connectivity index (χ1v) is 19.1. The van der Waals surface area contributed by atoms with E-state index in [0.717, 1.165) is 61.3 Å². The van der Waals surface area contributed by atoms with Gasteiger partial charge in [-0.05, 0) is 85.3 Å². The van der Waals surface area contributed by atoms with Crippen LogP contribution >= 0.6 is 11.3 Å². The maximum Gasteiger partial charge on any atom is 0.164 e. The highest BCUT2D eigenvalue weighted by molar-refractivity contribution is 7.26.